The summed E-state index contributed by atoms with van der Waals surface area (Å²) in [4.78, 5) is 29.0. The summed E-state index contributed by atoms with van der Waals surface area (Å²) in [6, 6.07) is 15.2. The van der Waals surface area contributed by atoms with Crippen LogP contribution in [0.4, 0.5) is 5.69 Å². The summed E-state index contributed by atoms with van der Waals surface area (Å²) < 4.78 is 1.70. The molecule has 1 heterocycles. The number of nitrogens with zero attached hydrogens (tertiary/aromatic N) is 1. The number of rotatable bonds is 8. The third-order valence-electron chi connectivity index (χ3n) is 3.99. The molecule has 1 N–H and O–H groups in total. The van der Waals surface area contributed by atoms with Crippen molar-refractivity contribution in [2.75, 3.05) is 11.1 Å². The Morgan fingerprint density at radius 2 is 1.96 bits per heavy atom. The molecule has 0 spiro atoms. The molecule has 0 unspecified atom stereocenters. The van der Waals surface area contributed by atoms with E-state index in [1.807, 2.05) is 53.9 Å². The van der Waals surface area contributed by atoms with Gasteiger partial charge in [-0.1, -0.05) is 64.9 Å². The summed E-state index contributed by atoms with van der Waals surface area (Å²) in [5.74, 6) is 0.298. The third-order valence-corrected chi connectivity index (χ3v) is 6.55. The topological polar surface area (TPSA) is 59.1 Å². The van der Waals surface area contributed by atoms with Crippen molar-refractivity contribution in [2.45, 2.75) is 24.1 Å². The number of Topliss-reactive ketones (excluding diaryl/α,β-unsaturated/α-hetero) is 1. The Labute approximate surface area is 180 Å². The van der Waals surface area contributed by atoms with Crippen LogP contribution in [0.25, 0.3) is 0 Å². The van der Waals surface area contributed by atoms with Crippen molar-refractivity contribution in [3.8, 4) is 0 Å². The number of thiazole rings is 1. The molecule has 0 atom stereocenters. The number of aromatic nitrogens is 1. The molecule has 1 aromatic heterocycles. The molecule has 0 saturated heterocycles. The lowest BCUT2D eigenvalue weighted by Gasteiger charge is -2.04. The second-order valence-corrected chi connectivity index (χ2v) is 9.10. The molecule has 0 saturated carbocycles. The van der Waals surface area contributed by atoms with E-state index in [1.165, 1.54) is 28.7 Å². The molecule has 0 aliphatic carbocycles. The number of anilines is 1. The minimum Gasteiger partial charge on any atom is -0.326 e. The minimum atomic E-state index is -0.118. The van der Waals surface area contributed by atoms with Gasteiger partial charge in [-0.05, 0) is 30.2 Å². The van der Waals surface area contributed by atoms with E-state index < -0.39 is 0 Å². The van der Waals surface area contributed by atoms with E-state index >= 15 is 0 Å². The Hall–Kier alpha value is -1.96. The molecule has 0 aliphatic heterocycles. The van der Waals surface area contributed by atoms with Crippen molar-refractivity contribution in [2.24, 2.45) is 0 Å². The number of halogens is 1. The number of ketones is 1. The van der Waals surface area contributed by atoms with Crippen LogP contribution in [0, 0.1) is 0 Å². The minimum absolute atomic E-state index is 0.0804. The number of amides is 1. The highest BCUT2D eigenvalue weighted by molar-refractivity contribution is 9.10. The number of aryl methyl sites for hydroxylation is 1. The van der Waals surface area contributed by atoms with E-state index in [2.05, 4.69) is 33.2 Å². The summed E-state index contributed by atoms with van der Waals surface area (Å²) in [5.41, 5.74) is 3.38. The molecule has 3 rings (SSSR count). The zero-order chi connectivity index (χ0) is 19.9. The maximum absolute atomic E-state index is 12.3. The highest BCUT2D eigenvalue weighted by atomic mass is 79.9. The van der Waals surface area contributed by atoms with E-state index in [0.29, 0.717) is 11.4 Å². The fourth-order valence-electron chi connectivity index (χ4n) is 2.51. The predicted octanol–water partition coefficient (Wildman–Crippen LogP) is 5.62. The van der Waals surface area contributed by atoms with Crippen molar-refractivity contribution in [3.63, 3.8) is 0 Å². The van der Waals surface area contributed by atoms with Gasteiger partial charge in [0.1, 0.15) is 0 Å². The Morgan fingerprint density at radius 1 is 1.18 bits per heavy atom. The molecule has 0 radical (unpaired) electrons. The lowest BCUT2D eigenvalue weighted by molar-refractivity contribution is -0.115. The zero-order valence-corrected chi connectivity index (χ0v) is 18.5. The predicted molar refractivity (Wildman–Crippen MR) is 119 cm³/mol. The molecule has 144 valence electrons. The summed E-state index contributed by atoms with van der Waals surface area (Å²) in [6.07, 6.45) is 1.16. The van der Waals surface area contributed by atoms with Crippen molar-refractivity contribution in [1.82, 2.24) is 4.98 Å². The molecule has 0 aliphatic rings. The quantitative estimate of drug-likeness (QED) is 0.339. The first-order chi connectivity index (χ1) is 13.5. The number of carbonyl (C=O) groups excluding carboxylic acids is 2. The first-order valence-electron chi connectivity index (χ1n) is 8.78. The summed E-state index contributed by atoms with van der Waals surface area (Å²) >= 11 is 6.25. The highest BCUT2D eigenvalue weighted by Gasteiger charge is 2.11. The van der Waals surface area contributed by atoms with Crippen molar-refractivity contribution >= 4 is 56.4 Å². The first-order valence-corrected chi connectivity index (χ1v) is 11.4. The monoisotopic (exact) mass is 474 g/mol. The normalized spacial score (nSPS) is 10.6. The smallest absolute Gasteiger partial charge is 0.230 e. The molecule has 2 aromatic carbocycles. The number of hydrogen-bond acceptors (Lipinski definition) is 5. The Kier molecular flexibility index (Phi) is 7.42. The Morgan fingerprint density at radius 3 is 2.68 bits per heavy atom. The average molecular weight is 475 g/mol. The number of carbonyl (C=O) groups is 2. The van der Waals surface area contributed by atoms with Crippen LogP contribution >= 0.6 is 39.0 Å². The summed E-state index contributed by atoms with van der Waals surface area (Å²) in [7, 11) is 0. The van der Waals surface area contributed by atoms with Gasteiger partial charge in [-0.2, -0.15) is 0 Å². The molecule has 28 heavy (non-hydrogen) atoms. The van der Waals surface area contributed by atoms with Gasteiger partial charge in [0, 0.05) is 21.1 Å². The van der Waals surface area contributed by atoms with Crippen LogP contribution in [0.1, 0.15) is 28.5 Å². The SMILES string of the molecule is CCc1ccc(C(=O)CSc2nc(CC(=O)Nc3cccc(Br)c3)cs2)cc1. The van der Waals surface area contributed by atoms with Gasteiger partial charge in [-0.15, -0.1) is 11.3 Å². The molecule has 0 bridgehead atoms. The fraction of sp³-hybridized carbons (Fsp3) is 0.190. The average Bonchev–Trinajstić information content (AvgIpc) is 3.13. The molecule has 3 aromatic rings. The van der Waals surface area contributed by atoms with E-state index in [-0.39, 0.29) is 18.1 Å². The van der Waals surface area contributed by atoms with Gasteiger partial charge in [0.15, 0.2) is 10.1 Å². The largest absolute Gasteiger partial charge is 0.326 e. The summed E-state index contributed by atoms with van der Waals surface area (Å²) in [6.45, 7) is 2.09. The second kappa shape index (κ2) is 10.0. The Balaban J connectivity index is 1.50. The first kappa shape index (κ1) is 20.8. The molecule has 1 amide bonds. The van der Waals surface area contributed by atoms with Gasteiger partial charge in [-0.25, -0.2) is 4.98 Å². The molecular weight excluding hydrogens is 456 g/mol. The third kappa shape index (κ3) is 6.02. The van der Waals surface area contributed by atoms with E-state index in [0.717, 1.165) is 26.5 Å². The van der Waals surface area contributed by atoms with Gasteiger partial charge in [0.2, 0.25) is 5.91 Å². The van der Waals surface area contributed by atoms with Gasteiger partial charge in [0.25, 0.3) is 0 Å². The molecule has 4 nitrogen and oxygen atoms in total. The maximum atomic E-state index is 12.3. The van der Waals surface area contributed by atoms with Crippen molar-refractivity contribution < 1.29 is 9.59 Å². The van der Waals surface area contributed by atoms with Crippen LogP contribution in [0.15, 0.2) is 62.7 Å². The number of thioether (sulfide) groups is 1. The van der Waals surface area contributed by atoms with Crippen molar-refractivity contribution in [1.29, 1.82) is 0 Å². The maximum Gasteiger partial charge on any atom is 0.230 e. The second-order valence-electron chi connectivity index (χ2n) is 6.10. The summed E-state index contributed by atoms with van der Waals surface area (Å²) in [5, 5.41) is 4.72. The van der Waals surface area contributed by atoms with Crippen LogP contribution < -0.4 is 5.32 Å². The fourth-order valence-corrected chi connectivity index (χ4v) is 4.65. The number of hydrogen-bond donors (Lipinski definition) is 1. The lowest BCUT2D eigenvalue weighted by atomic mass is 10.1. The molecule has 7 heteroatoms. The van der Waals surface area contributed by atoms with Gasteiger partial charge in [0.05, 0.1) is 17.9 Å². The number of benzene rings is 2. The molecule has 0 fully saturated rings. The van der Waals surface area contributed by atoms with Crippen LogP contribution in [0.5, 0.6) is 0 Å². The van der Waals surface area contributed by atoms with Gasteiger partial charge >= 0.3 is 0 Å². The van der Waals surface area contributed by atoms with Gasteiger partial charge in [-0.3, -0.25) is 9.59 Å². The van der Waals surface area contributed by atoms with Crippen molar-refractivity contribution in [3.05, 3.63) is 75.2 Å². The van der Waals surface area contributed by atoms with Crippen LogP contribution in [-0.2, 0) is 17.6 Å². The zero-order valence-electron chi connectivity index (χ0n) is 15.3. The van der Waals surface area contributed by atoms with Crippen LogP contribution in [-0.4, -0.2) is 22.4 Å². The lowest BCUT2D eigenvalue weighted by Crippen LogP contribution is -2.14. The highest BCUT2D eigenvalue weighted by Crippen LogP contribution is 2.24. The standard InChI is InChI=1S/C21H19BrN2O2S2/c1-2-14-6-8-15(9-7-14)19(25)13-28-21-24-18(12-27-21)11-20(26)23-17-5-3-4-16(22)10-17/h3-10,12H,2,11,13H2,1H3,(H,23,26). The molecular formula is C21H19BrN2O2S2. The number of nitrogens with one attached hydrogen (secondary N) is 1. The van der Waals surface area contributed by atoms with E-state index in [4.69, 9.17) is 0 Å². The van der Waals surface area contributed by atoms with Crippen LogP contribution in [0.3, 0.4) is 0 Å². The van der Waals surface area contributed by atoms with E-state index in [9.17, 15) is 9.59 Å². The van der Waals surface area contributed by atoms with Gasteiger partial charge < -0.3 is 5.32 Å². The Bertz CT molecular complexity index is 971. The van der Waals surface area contributed by atoms with E-state index in [1.54, 1.807) is 0 Å². The van der Waals surface area contributed by atoms with Crippen LogP contribution in [0.2, 0.25) is 0 Å².